The molecular weight excluding hydrogens is 512 g/mol. The molecule has 1 N–H and O–H groups in total. The highest BCUT2D eigenvalue weighted by Gasteiger charge is 2.77. The van der Waals surface area contributed by atoms with E-state index in [-0.39, 0.29) is 48.1 Å². The third-order valence-electron chi connectivity index (χ3n) is 8.98. The van der Waals surface area contributed by atoms with Crippen molar-refractivity contribution in [2.75, 3.05) is 19.8 Å². The van der Waals surface area contributed by atoms with Crippen LogP contribution in [0.2, 0.25) is 0 Å². The van der Waals surface area contributed by atoms with Gasteiger partial charge in [0.15, 0.2) is 0 Å². The lowest BCUT2D eigenvalue weighted by atomic mass is 9.66. The van der Waals surface area contributed by atoms with Crippen LogP contribution in [0.3, 0.4) is 0 Å². The summed E-state index contributed by atoms with van der Waals surface area (Å²) in [5.41, 5.74) is 0.985. The van der Waals surface area contributed by atoms with Crippen molar-refractivity contribution in [2.24, 2.45) is 23.7 Å². The molecule has 0 aliphatic carbocycles. The quantitative estimate of drug-likeness (QED) is 0.225. The number of thioether (sulfide) groups is 1. The second kappa shape index (κ2) is 12.3. The van der Waals surface area contributed by atoms with Gasteiger partial charge in [-0.25, -0.2) is 0 Å². The SMILES string of the molecule is C=CCCOC(=O)[C@@H]1[C@H]2C(=O)N([C@@H](CO)[C@@H](C)CC)C(C(=O)N(CC=C)Cc3ccccc3)C23S[C@@H]1CC3C. The monoisotopic (exact) mass is 554 g/mol. The van der Waals surface area contributed by atoms with Crippen molar-refractivity contribution < 1.29 is 24.2 Å². The Kier molecular flexibility index (Phi) is 9.27. The minimum Gasteiger partial charge on any atom is -0.465 e. The van der Waals surface area contributed by atoms with Crippen molar-refractivity contribution in [1.29, 1.82) is 0 Å². The van der Waals surface area contributed by atoms with Gasteiger partial charge in [0, 0.05) is 18.3 Å². The maximum atomic E-state index is 14.6. The van der Waals surface area contributed by atoms with Crippen LogP contribution in [-0.2, 0) is 25.7 Å². The van der Waals surface area contributed by atoms with Crippen molar-refractivity contribution >= 4 is 29.5 Å². The number of fused-ring (bicyclic) bond motifs is 1. The molecule has 1 aromatic rings. The van der Waals surface area contributed by atoms with E-state index in [1.165, 1.54) is 0 Å². The molecular formula is C31H42N2O5S. The van der Waals surface area contributed by atoms with Gasteiger partial charge in [0.05, 0.1) is 35.8 Å². The third-order valence-corrected chi connectivity index (χ3v) is 11.1. The Bertz CT molecular complexity index is 1080. The molecule has 8 heteroatoms. The Labute approximate surface area is 236 Å². The number of benzene rings is 1. The fourth-order valence-corrected chi connectivity index (χ4v) is 9.27. The van der Waals surface area contributed by atoms with E-state index in [9.17, 15) is 19.5 Å². The highest BCUT2D eigenvalue weighted by molar-refractivity contribution is 8.02. The number of nitrogens with zero attached hydrogens (tertiary/aromatic N) is 2. The number of hydrogen-bond donors (Lipinski definition) is 1. The average molecular weight is 555 g/mol. The van der Waals surface area contributed by atoms with Gasteiger partial charge in [0.1, 0.15) is 6.04 Å². The van der Waals surface area contributed by atoms with E-state index in [4.69, 9.17) is 4.74 Å². The van der Waals surface area contributed by atoms with Gasteiger partial charge in [-0.05, 0) is 30.2 Å². The van der Waals surface area contributed by atoms with E-state index in [1.54, 1.807) is 33.7 Å². The van der Waals surface area contributed by atoms with Crippen LogP contribution >= 0.6 is 11.8 Å². The number of rotatable bonds is 13. The standard InChI is InChI=1S/C31H42N2O5S/c1-6-9-16-38-30(37)25-24-17-21(5)31(39-24)26(25)28(35)33(23(19-34)20(4)8-3)27(31)29(36)32(15-7-2)18-22-13-11-10-12-14-22/h6-7,10-14,20-21,23-27,34H,1-2,8-9,15-19H2,3-5H3/t20-,21?,23-,24+,25-,26-,27?,31?/m0/s1. The first kappa shape index (κ1) is 29.4. The fourth-order valence-electron chi connectivity index (χ4n) is 6.88. The van der Waals surface area contributed by atoms with Crippen molar-refractivity contribution in [3.63, 3.8) is 0 Å². The minimum absolute atomic E-state index is 0.0260. The average Bonchev–Trinajstić information content (AvgIpc) is 3.53. The molecule has 3 heterocycles. The fraction of sp³-hybridized carbons (Fsp3) is 0.581. The van der Waals surface area contributed by atoms with Crippen LogP contribution < -0.4 is 0 Å². The number of aliphatic hydroxyl groups is 1. The summed E-state index contributed by atoms with van der Waals surface area (Å²) in [7, 11) is 0. The highest BCUT2D eigenvalue weighted by atomic mass is 32.2. The molecule has 3 aliphatic heterocycles. The van der Waals surface area contributed by atoms with E-state index in [2.05, 4.69) is 20.1 Å². The number of carbonyl (C=O) groups excluding carboxylic acids is 3. The molecule has 1 spiro atoms. The number of hydrogen-bond acceptors (Lipinski definition) is 6. The lowest BCUT2D eigenvalue weighted by molar-refractivity contribution is -0.155. The van der Waals surface area contributed by atoms with Crippen molar-refractivity contribution in [2.45, 2.75) is 68.7 Å². The molecule has 0 radical (unpaired) electrons. The van der Waals surface area contributed by atoms with Crippen molar-refractivity contribution in [3.05, 3.63) is 61.2 Å². The molecule has 2 amide bonds. The molecule has 0 aromatic heterocycles. The van der Waals surface area contributed by atoms with Crippen LogP contribution in [0, 0.1) is 23.7 Å². The molecule has 3 saturated heterocycles. The van der Waals surface area contributed by atoms with Crippen LogP contribution in [0.15, 0.2) is 55.6 Å². The summed E-state index contributed by atoms with van der Waals surface area (Å²) < 4.78 is 4.84. The van der Waals surface area contributed by atoms with Gasteiger partial charge in [0.2, 0.25) is 11.8 Å². The molecule has 39 heavy (non-hydrogen) atoms. The maximum Gasteiger partial charge on any atom is 0.310 e. The first-order valence-corrected chi connectivity index (χ1v) is 15.0. The Hall–Kier alpha value is -2.58. The molecule has 3 aliphatic rings. The van der Waals surface area contributed by atoms with Gasteiger partial charge in [-0.3, -0.25) is 14.4 Å². The molecule has 2 bridgehead atoms. The van der Waals surface area contributed by atoms with Gasteiger partial charge in [-0.2, -0.15) is 0 Å². The molecule has 212 valence electrons. The summed E-state index contributed by atoms with van der Waals surface area (Å²) in [6.45, 7) is 14.4. The number of ether oxygens (including phenoxy) is 1. The van der Waals surface area contributed by atoms with Crippen LogP contribution in [0.5, 0.6) is 0 Å². The van der Waals surface area contributed by atoms with E-state index in [1.807, 2.05) is 44.2 Å². The second-order valence-electron chi connectivity index (χ2n) is 11.2. The summed E-state index contributed by atoms with van der Waals surface area (Å²) in [4.78, 5) is 45.9. The summed E-state index contributed by atoms with van der Waals surface area (Å²) in [5, 5.41) is 10.5. The lowest BCUT2D eigenvalue weighted by Gasteiger charge is -2.43. The molecule has 0 saturated carbocycles. The van der Waals surface area contributed by atoms with Crippen molar-refractivity contribution in [3.8, 4) is 0 Å². The maximum absolute atomic E-state index is 14.6. The van der Waals surface area contributed by atoms with Gasteiger partial charge < -0.3 is 19.6 Å². The lowest BCUT2D eigenvalue weighted by Crippen LogP contribution is -2.60. The van der Waals surface area contributed by atoms with Gasteiger partial charge in [-0.1, -0.05) is 69.7 Å². The van der Waals surface area contributed by atoms with Crippen LogP contribution in [0.4, 0.5) is 0 Å². The Morgan fingerprint density at radius 1 is 1.28 bits per heavy atom. The predicted molar refractivity (Wildman–Crippen MR) is 154 cm³/mol. The van der Waals surface area contributed by atoms with Crippen LogP contribution in [-0.4, -0.2) is 74.5 Å². The number of aliphatic hydroxyl groups excluding tert-OH is 1. The van der Waals surface area contributed by atoms with Crippen molar-refractivity contribution in [1.82, 2.24) is 9.80 Å². The van der Waals surface area contributed by atoms with E-state index in [0.29, 0.717) is 19.5 Å². The van der Waals surface area contributed by atoms with Gasteiger partial charge in [-0.15, -0.1) is 24.9 Å². The smallest absolute Gasteiger partial charge is 0.310 e. The Balaban J connectivity index is 1.79. The normalized spacial score (nSPS) is 30.5. The first-order chi connectivity index (χ1) is 18.8. The van der Waals surface area contributed by atoms with E-state index < -0.39 is 28.7 Å². The topological polar surface area (TPSA) is 87.1 Å². The summed E-state index contributed by atoms with van der Waals surface area (Å²) in [5.74, 6) is -2.00. The second-order valence-corrected chi connectivity index (χ2v) is 12.7. The molecule has 3 fully saturated rings. The van der Waals surface area contributed by atoms with Gasteiger partial charge >= 0.3 is 5.97 Å². The molecule has 1 aromatic carbocycles. The molecule has 3 unspecified atom stereocenters. The summed E-state index contributed by atoms with van der Waals surface area (Å²) in [6.07, 6.45) is 5.42. The van der Waals surface area contributed by atoms with E-state index in [0.717, 1.165) is 18.4 Å². The zero-order valence-corrected chi connectivity index (χ0v) is 24.1. The Morgan fingerprint density at radius 3 is 2.62 bits per heavy atom. The number of likely N-dealkylation sites (tertiary alicyclic amines) is 1. The summed E-state index contributed by atoms with van der Waals surface area (Å²) in [6, 6.07) is 8.46. The van der Waals surface area contributed by atoms with Crippen LogP contribution in [0.1, 0.15) is 45.6 Å². The minimum atomic E-state index is -0.791. The third kappa shape index (κ3) is 5.06. The largest absolute Gasteiger partial charge is 0.465 e. The zero-order valence-electron chi connectivity index (χ0n) is 23.3. The summed E-state index contributed by atoms with van der Waals surface area (Å²) >= 11 is 1.63. The molecule has 7 nitrogen and oxygen atoms in total. The number of carbonyl (C=O) groups is 3. The number of amides is 2. The number of esters is 1. The van der Waals surface area contributed by atoms with Gasteiger partial charge in [0.25, 0.3) is 0 Å². The van der Waals surface area contributed by atoms with E-state index >= 15 is 0 Å². The predicted octanol–water partition coefficient (Wildman–Crippen LogP) is 4.06. The van der Waals surface area contributed by atoms with Crippen LogP contribution in [0.25, 0.3) is 0 Å². The molecule has 4 rings (SSSR count). The first-order valence-electron chi connectivity index (χ1n) is 14.1. The Morgan fingerprint density at radius 2 is 2.00 bits per heavy atom. The zero-order chi connectivity index (χ0) is 28.3. The molecule has 8 atom stereocenters. The highest BCUT2D eigenvalue weighted by Crippen LogP contribution is 2.69.